The van der Waals surface area contributed by atoms with Gasteiger partial charge in [0.05, 0.1) is 6.21 Å². The quantitative estimate of drug-likeness (QED) is 0.147. The van der Waals surface area contributed by atoms with E-state index in [9.17, 15) is 24.2 Å². The number of ether oxygens (including phenoxy) is 4. The Hall–Kier alpha value is -3.74. The van der Waals surface area contributed by atoms with Crippen molar-refractivity contribution in [3.05, 3.63) is 36.4 Å². The molecule has 0 spiro atoms. The SMILES string of the molecule is C=C[C@]1(C)C[C@@H](OC(=O)COc2ccc3c(c2)B(O)N(C(=O)OC(C)(C)C)N=C3)[C@@]2(C)[C@@H]3C(=O)[C@@H](F)C[C@@]3(CC[C@@H]2C)[C@@H](C)[C@@H]1OC=O. The number of alkyl halides is 1. The smallest absolute Gasteiger partial charge is 0.478 e. The van der Waals surface area contributed by atoms with E-state index in [0.29, 0.717) is 30.3 Å². The molecular formula is C35H46BFN2O9. The second kappa shape index (κ2) is 12.6. The molecule has 1 heterocycles. The Balaban J connectivity index is 1.40. The molecule has 9 atom stereocenters. The van der Waals surface area contributed by atoms with E-state index in [1.54, 1.807) is 39.0 Å². The Bertz CT molecular complexity index is 1510. The number of fused-ring (bicyclic) bond motifs is 1. The molecule has 3 aliphatic carbocycles. The molecule has 3 saturated carbocycles. The Morgan fingerprint density at radius 3 is 2.58 bits per heavy atom. The molecular weight excluding hydrogens is 622 g/mol. The van der Waals surface area contributed by atoms with Gasteiger partial charge in [0.2, 0.25) is 0 Å². The van der Waals surface area contributed by atoms with E-state index >= 15 is 4.39 Å². The Morgan fingerprint density at radius 2 is 1.94 bits per heavy atom. The number of rotatable bonds is 7. The van der Waals surface area contributed by atoms with Crippen molar-refractivity contribution in [1.82, 2.24) is 4.92 Å². The molecule has 0 unspecified atom stereocenters. The fourth-order valence-electron chi connectivity index (χ4n) is 8.85. The first kappa shape index (κ1) is 35.6. The van der Waals surface area contributed by atoms with Crippen molar-refractivity contribution in [2.24, 2.45) is 39.1 Å². The third-order valence-electron chi connectivity index (χ3n) is 11.6. The van der Waals surface area contributed by atoms with Crippen LogP contribution in [0.2, 0.25) is 0 Å². The maximum atomic E-state index is 15.5. The van der Waals surface area contributed by atoms with Crippen molar-refractivity contribution in [3.8, 4) is 5.75 Å². The fraction of sp³-hybridized carbons (Fsp3) is 0.629. The Morgan fingerprint density at radius 1 is 1.23 bits per heavy atom. The predicted molar refractivity (Wildman–Crippen MR) is 175 cm³/mol. The average molecular weight is 669 g/mol. The Kier molecular flexibility index (Phi) is 9.35. The monoisotopic (exact) mass is 668 g/mol. The second-order valence-corrected chi connectivity index (χ2v) is 15.4. The van der Waals surface area contributed by atoms with Crippen molar-refractivity contribution >= 4 is 43.0 Å². The van der Waals surface area contributed by atoms with Gasteiger partial charge in [-0.25, -0.2) is 18.9 Å². The van der Waals surface area contributed by atoms with Crippen molar-refractivity contribution in [2.45, 2.75) is 98.1 Å². The number of hydrogen-bond donors (Lipinski definition) is 1. The number of hydrogen-bond acceptors (Lipinski definition) is 10. The van der Waals surface area contributed by atoms with E-state index in [0.717, 1.165) is 4.92 Å². The zero-order valence-electron chi connectivity index (χ0n) is 28.7. The summed E-state index contributed by atoms with van der Waals surface area (Å²) in [5.41, 5.74) is -2.51. The van der Waals surface area contributed by atoms with Crippen LogP contribution in [0.3, 0.4) is 0 Å². The molecule has 1 amide bonds. The highest BCUT2D eigenvalue weighted by atomic mass is 19.1. The van der Waals surface area contributed by atoms with E-state index in [2.05, 4.69) is 11.7 Å². The summed E-state index contributed by atoms with van der Waals surface area (Å²) in [7, 11) is -1.46. The summed E-state index contributed by atoms with van der Waals surface area (Å²) in [6.07, 6.45) is 0.499. The van der Waals surface area contributed by atoms with Crippen molar-refractivity contribution in [2.75, 3.05) is 6.61 Å². The largest absolute Gasteiger partial charge is 0.482 e. The lowest BCUT2D eigenvalue weighted by Crippen LogP contribution is -2.63. The van der Waals surface area contributed by atoms with Gasteiger partial charge in [0.1, 0.15) is 23.6 Å². The summed E-state index contributed by atoms with van der Waals surface area (Å²) in [6, 6.07) is 4.73. The fourth-order valence-corrected chi connectivity index (χ4v) is 8.85. The van der Waals surface area contributed by atoms with E-state index < -0.39 is 77.6 Å². The van der Waals surface area contributed by atoms with Crippen LogP contribution in [0, 0.1) is 34.0 Å². The molecule has 48 heavy (non-hydrogen) atoms. The van der Waals surface area contributed by atoms with Gasteiger partial charge in [-0.2, -0.15) is 5.10 Å². The number of esters is 1. The average Bonchev–Trinajstić information content (AvgIpc) is 3.29. The lowest BCUT2D eigenvalue weighted by Gasteiger charge is -2.61. The molecule has 0 radical (unpaired) electrons. The molecule has 1 aromatic carbocycles. The Labute approximate surface area is 281 Å². The van der Waals surface area contributed by atoms with Gasteiger partial charge in [-0.1, -0.05) is 39.8 Å². The molecule has 0 aromatic heterocycles. The summed E-state index contributed by atoms with van der Waals surface area (Å²) in [6.45, 7) is 16.8. The third-order valence-corrected chi connectivity index (χ3v) is 11.6. The van der Waals surface area contributed by atoms with Crippen LogP contribution < -0.4 is 10.2 Å². The normalized spacial score (nSPS) is 35.8. The third kappa shape index (κ3) is 5.92. The predicted octanol–water partition coefficient (Wildman–Crippen LogP) is 4.37. The van der Waals surface area contributed by atoms with Gasteiger partial charge in [-0.3, -0.25) is 9.59 Å². The van der Waals surface area contributed by atoms with E-state index in [1.807, 2.05) is 27.7 Å². The zero-order chi connectivity index (χ0) is 35.4. The topological polar surface area (TPSA) is 141 Å². The van der Waals surface area contributed by atoms with Crippen LogP contribution in [-0.2, 0) is 28.6 Å². The van der Waals surface area contributed by atoms with Gasteiger partial charge in [0.15, 0.2) is 18.6 Å². The number of carbonyl (C=O) groups excluding carboxylic acids is 4. The molecule has 1 N–H and O–H groups in total. The van der Waals surface area contributed by atoms with Crippen molar-refractivity contribution < 1.29 is 47.5 Å². The number of hydrazone groups is 1. The van der Waals surface area contributed by atoms with Gasteiger partial charge < -0.3 is 24.0 Å². The lowest BCUT2D eigenvalue weighted by atomic mass is 9.44. The van der Waals surface area contributed by atoms with E-state index in [-0.39, 0.29) is 30.4 Å². The van der Waals surface area contributed by atoms with Crippen LogP contribution >= 0.6 is 0 Å². The van der Waals surface area contributed by atoms with Crippen LogP contribution in [-0.4, -0.2) is 78.1 Å². The molecule has 11 nitrogen and oxygen atoms in total. The number of carbonyl (C=O) groups is 4. The number of ketones is 1. The molecule has 0 saturated heterocycles. The maximum absolute atomic E-state index is 15.5. The second-order valence-electron chi connectivity index (χ2n) is 15.4. The highest BCUT2D eigenvalue weighted by molar-refractivity contribution is 6.67. The first-order valence-electron chi connectivity index (χ1n) is 16.5. The number of nitrogens with zero attached hydrogens (tertiary/aromatic N) is 2. The molecule has 3 fully saturated rings. The van der Waals surface area contributed by atoms with Crippen LogP contribution in [0.1, 0.15) is 79.7 Å². The standard InChI is InChI=1S/C35H46BFN2O9/c1-9-33(7)16-26(34(8)20(2)12-13-35(21(3)30(33)46-19-40)15-25(37)28(42)29(34)35)47-27(41)18-45-23-11-10-22-17-38-39(36(44)24(22)14-23)31(43)48-32(4,5)6/h9-11,14,17,19-21,25-26,29-30,44H,1,12-13,15-16,18H2,2-8H3/t20-,21-,25-,26+,29-,30-,33+,34-,35-/m0/s1. The molecule has 1 aromatic rings. The van der Waals surface area contributed by atoms with Gasteiger partial charge in [0, 0.05) is 22.7 Å². The summed E-state index contributed by atoms with van der Waals surface area (Å²) in [5, 5.41) is 14.9. The zero-order valence-corrected chi connectivity index (χ0v) is 28.7. The van der Waals surface area contributed by atoms with Gasteiger partial charge in [0.25, 0.3) is 6.47 Å². The van der Waals surface area contributed by atoms with Gasteiger partial charge in [-0.15, -0.1) is 6.58 Å². The van der Waals surface area contributed by atoms with Crippen LogP contribution in [0.4, 0.5) is 9.18 Å². The maximum Gasteiger partial charge on any atom is 0.478 e. The minimum Gasteiger partial charge on any atom is -0.482 e. The molecule has 2 bridgehead atoms. The summed E-state index contributed by atoms with van der Waals surface area (Å²) in [5.74, 6) is -2.17. The lowest BCUT2D eigenvalue weighted by molar-refractivity contribution is -0.211. The molecule has 1 aliphatic heterocycles. The van der Waals surface area contributed by atoms with Crippen molar-refractivity contribution in [3.63, 3.8) is 0 Å². The number of halogens is 1. The van der Waals surface area contributed by atoms with Crippen LogP contribution in [0.5, 0.6) is 5.75 Å². The first-order chi connectivity index (χ1) is 22.4. The highest BCUT2D eigenvalue weighted by Gasteiger charge is 2.71. The number of amides is 1. The molecule has 4 aliphatic rings. The minimum atomic E-state index is -1.66. The van der Waals surface area contributed by atoms with E-state index in [4.69, 9.17) is 18.9 Å². The van der Waals surface area contributed by atoms with Crippen molar-refractivity contribution in [1.29, 1.82) is 0 Å². The summed E-state index contributed by atoms with van der Waals surface area (Å²) < 4.78 is 38.6. The molecule has 260 valence electrons. The summed E-state index contributed by atoms with van der Waals surface area (Å²) in [4.78, 5) is 52.5. The van der Waals surface area contributed by atoms with Gasteiger partial charge >= 0.3 is 19.1 Å². The number of benzene rings is 1. The van der Waals surface area contributed by atoms with Gasteiger partial charge in [-0.05, 0) is 80.9 Å². The minimum absolute atomic E-state index is 0.0237. The van der Waals surface area contributed by atoms with E-state index in [1.165, 1.54) is 12.3 Å². The van der Waals surface area contributed by atoms with Crippen LogP contribution in [0.15, 0.2) is 36.0 Å². The summed E-state index contributed by atoms with van der Waals surface area (Å²) >= 11 is 0. The highest BCUT2D eigenvalue weighted by Crippen LogP contribution is 2.68. The molecule has 13 heteroatoms. The number of Topliss-reactive ketones (excluding diaryl/α,β-unsaturated/α-hetero) is 1. The molecule has 5 rings (SSSR count). The first-order valence-corrected chi connectivity index (χ1v) is 16.5. The van der Waals surface area contributed by atoms with Crippen LogP contribution in [0.25, 0.3) is 0 Å².